The molecule has 74 valence electrons. The first kappa shape index (κ1) is 12.0. The van der Waals surface area contributed by atoms with Crippen LogP contribution in [0, 0.1) is 11.3 Å². The minimum Gasteiger partial charge on any atom is -0.393 e. The van der Waals surface area contributed by atoms with E-state index in [2.05, 4.69) is 27.7 Å². The van der Waals surface area contributed by atoms with Crippen LogP contribution in [-0.2, 0) is 0 Å². The highest BCUT2D eigenvalue weighted by Crippen LogP contribution is 2.26. The van der Waals surface area contributed by atoms with Gasteiger partial charge in [0.15, 0.2) is 0 Å². The van der Waals surface area contributed by atoms with E-state index in [1.807, 2.05) is 6.92 Å². The van der Waals surface area contributed by atoms with Crippen LogP contribution in [0.2, 0.25) is 0 Å². The molecule has 0 aliphatic carbocycles. The molecule has 2 atom stereocenters. The Hall–Kier alpha value is -0.0400. The van der Waals surface area contributed by atoms with Gasteiger partial charge in [-0.2, -0.15) is 0 Å². The standard InChI is InChI=1S/C11H24O/c1-9(6-7-10(2)12)8-11(3,4)5/h9-10,12H,6-8H2,1-5H3/t9-,10+/m1/s1. The van der Waals surface area contributed by atoms with Gasteiger partial charge < -0.3 is 5.11 Å². The van der Waals surface area contributed by atoms with Crippen LogP contribution in [-0.4, -0.2) is 11.2 Å². The molecule has 0 unspecified atom stereocenters. The smallest absolute Gasteiger partial charge is 0.0512 e. The average molecular weight is 172 g/mol. The second kappa shape index (κ2) is 4.86. The van der Waals surface area contributed by atoms with Crippen LogP contribution in [0.4, 0.5) is 0 Å². The van der Waals surface area contributed by atoms with Gasteiger partial charge in [-0.05, 0) is 37.5 Å². The van der Waals surface area contributed by atoms with E-state index in [1.54, 1.807) is 0 Å². The number of hydrogen-bond acceptors (Lipinski definition) is 1. The van der Waals surface area contributed by atoms with E-state index in [0.717, 1.165) is 18.8 Å². The van der Waals surface area contributed by atoms with Crippen molar-refractivity contribution < 1.29 is 5.11 Å². The van der Waals surface area contributed by atoms with Gasteiger partial charge in [0.05, 0.1) is 6.10 Å². The summed E-state index contributed by atoms with van der Waals surface area (Å²) < 4.78 is 0. The summed E-state index contributed by atoms with van der Waals surface area (Å²) in [5.41, 5.74) is 0.429. The number of hydrogen-bond donors (Lipinski definition) is 1. The Bertz CT molecular complexity index is 111. The summed E-state index contributed by atoms with van der Waals surface area (Å²) in [4.78, 5) is 0. The lowest BCUT2D eigenvalue weighted by Crippen LogP contribution is -2.12. The molecule has 1 N–H and O–H groups in total. The predicted octanol–water partition coefficient (Wildman–Crippen LogP) is 3.22. The summed E-state index contributed by atoms with van der Waals surface area (Å²) in [6, 6.07) is 0. The predicted molar refractivity (Wildman–Crippen MR) is 54.2 cm³/mol. The molecule has 0 radical (unpaired) electrons. The van der Waals surface area contributed by atoms with Crippen molar-refractivity contribution >= 4 is 0 Å². The van der Waals surface area contributed by atoms with Crippen molar-refractivity contribution in [3.05, 3.63) is 0 Å². The zero-order valence-electron chi connectivity index (χ0n) is 9.22. The summed E-state index contributed by atoms with van der Waals surface area (Å²) in [5, 5.41) is 9.10. The van der Waals surface area contributed by atoms with Crippen molar-refractivity contribution in [3.8, 4) is 0 Å². The molecule has 0 rings (SSSR count). The highest BCUT2D eigenvalue weighted by molar-refractivity contribution is 4.66. The zero-order valence-corrected chi connectivity index (χ0v) is 9.22. The minimum atomic E-state index is -0.132. The van der Waals surface area contributed by atoms with Crippen LogP contribution in [0.15, 0.2) is 0 Å². The SMILES string of the molecule is C[C@H](CC[C@H](C)O)CC(C)(C)C. The van der Waals surface area contributed by atoms with E-state index >= 15 is 0 Å². The third-order valence-corrected chi connectivity index (χ3v) is 2.04. The fraction of sp³-hybridized carbons (Fsp3) is 1.00. The van der Waals surface area contributed by atoms with Crippen LogP contribution in [0.1, 0.15) is 53.9 Å². The molecule has 0 fully saturated rings. The first-order valence-corrected chi connectivity index (χ1v) is 4.99. The normalized spacial score (nSPS) is 17.5. The summed E-state index contributed by atoms with van der Waals surface area (Å²) >= 11 is 0. The van der Waals surface area contributed by atoms with E-state index in [-0.39, 0.29) is 6.10 Å². The quantitative estimate of drug-likeness (QED) is 0.690. The molecule has 0 aliphatic rings. The molecule has 0 aromatic heterocycles. The van der Waals surface area contributed by atoms with Gasteiger partial charge in [-0.15, -0.1) is 0 Å². The maximum absolute atomic E-state index is 9.10. The third kappa shape index (κ3) is 8.06. The molecule has 0 bridgehead atoms. The first-order valence-electron chi connectivity index (χ1n) is 4.99. The lowest BCUT2D eigenvalue weighted by Gasteiger charge is -2.23. The maximum atomic E-state index is 9.10. The summed E-state index contributed by atoms with van der Waals surface area (Å²) in [6.07, 6.45) is 3.21. The zero-order chi connectivity index (χ0) is 9.78. The van der Waals surface area contributed by atoms with Crippen LogP contribution < -0.4 is 0 Å². The van der Waals surface area contributed by atoms with Crippen molar-refractivity contribution in [1.82, 2.24) is 0 Å². The van der Waals surface area contributed by atoms with Crippen LogP contribution in [0.25, 0.3) is 0 Å². The van der Waals surface area contributed by atoms with E-state index in [0.29, 0.717) is 5.41 Å². The first-order chi connectivity index (χ1) is 5.31. The second-order valence-electron chi connectivity index (χ2n) is 5.30. The van der Waals surface area contributed by atoms with E-state index in [9.17, 15) is 0 Å². The second-order valence-corrected chi connectivity index (χ2v) is 5.30. The molecule has 0 amide bonds. The Morgan fingerprint density at radius 2 is 1.58 bits per heavy atom. The summed E-state index contributed by atoms with van der Waals surface area (Å²) in [7, 11) is 0. The number of aliphatic hydroxyl groups is 1. The Balaban J connectivity index is 3.53. The van der Waals surface area contributed by atoms with Crippen molar-refractivity contribution in [2.45, 2.75) is 60.0 Å². The van der Waals surface area contributed by atoms with E-state index in [4.69, 9.17) is 5.11 Å². The minimum absolute atomic E-state index is 0.132. The van der Waals surface area contributed by atoms with Gasteiger partial charge >= 0.3 is 0 Å². The van der Waals surface area contributed by atoms with Gasteiger partial charge in [0.25, 0.3) is 0 Å². The summed E-state index contributed by atoms with van der Waals surface area (Å²) in [6.45, 7) is 10.9. The van der Waals surface area contributed by atoms with Gasteiger partial charge in [-0.25, -0.2) is 0 Å². The molecule has 12 heavy (non-hydrogen) atoms. The molecule has 0 spiro atoms. The van der Waals surface area contributed by atoms with Crippen LogP contribution in [0.3, 0.4) is 0 Å². The molecule has 0 saturated carbocycles. The van der Waals surface area contributed by atoms with Crippen molar-refractivity contribution in [2.24, 2.45) is 11.3 Å². The van der Waals surface area contributed by atoms with Crippen LogP contribution >= 0.6 is 0 Å². The molecular weight excluding hydrogens is 148 g/mol. The average Bonchev–Trinajstić information content (AvgIpc) is 1.79. The molecule has 0 aromatic carbocycles. The van der Waals surface area contributed by atoms with Crippen molar-refractivity contribution in [2.75, 3.05) is 0 Å². The third-order valence-electron chi connectivity index (χ3n) is 2.04. The molecule has 1 heteroatoms. The van der Waals surface area contributed by atoms with E-state index < -0.39 is 0 Å². The topological polar surface area (TPSA) is 20.2 Å². The van der Waals surface area contributed by atoms with Crippen molar-refractivity contribution in [1.29, 1.82) is 0 Å². The number of aliphatic hydroxyl groups excluding tert-OH is 1. The molecule has 0 aromatic rings. The van der Waals surface area contributed by atoms with Gasteiger partial charge in [-0.3, -0.25) is 0 Å². The molecule has 0 aliphatic heterocycles. The molecule has 0 heterocycles. The number of rotatable bonds is 4. The Kier molecular flexibility index (Phi) is 4.84. The Morgan fingerprint density at radius 3 is 1.92 bits per heavy atom. The molecule has 1 nitrogen and oxygen atoms in total. The fourth-order valence-electron chi connectivity index (χ4n) is 1.67. The van der Waals surface area contributed by atoms with E-state index in [1.165, 1.54) is 6.42 Å². The monoisotopic (exact) mass is 172 g/mol. The van der Waals surface area contributed by atoms with Gasteiger partial charge in [0.1, 0.15) is 0 Å². The Morgan fingerprint density at radius 1 is 1.08 bits per heavy atom. The van der Waals surface area contributed by atoms with Gasteiger partial charge in [0.2, 0.25) is 0 Å². The Labute approximate surface area is 77.2 Å². The highest BCUT2D eigenvalue weighted by atomic mass is 16.3. The fourth-order valence-corrected chi connectivity index (χ4v) is 1.67. The lowest BCUT2D eigenvalue weighted by atomic mass is 9.83. The summed E-state index contributed by atoms with van der Waals surface area (Å²) in [5.74, 6) is 0.736. The van der Waals surface area contributed by atoms with Crippen LogP contribution in [0.5, 0.6) is 0 Å². The molecular formula is C11H24O. The van der Waals surface area contributed by atoms with Gasteiger partial charge in [0, 0.05) is 0 Å². The van der Waals surface area contributed by atoms with Crippen molar-refractivity contribution in [3.63, 3.8) is 0 Å². The largest absolute Gasteiger partial charge is 0.393 e. The highest BCUT2D eigenvalue weighted by Gasteiger charge is 2.15. The lowest BCUT2D eigenvalue weighted by molar-refractivity contribution is 0.167. The van der Waals surface area contributed by atoms with Gasteiger partial charge in [-0.1, -0.05) is 27.7 Å². The maximum Gasteiger partial charge on any atom is 0.0512 e. The molecule has 0 saturated heterocycles.